The molecule has 0 saturated carbocycles. The minimum absolute atomic E-state index is 0.325. The van der Waals surface area contributed by atoms with Crippen molar-refractivity contribution >= 4 is 22.5 Å². The average molecular weight is 366 g/mol. The molecule has 0 radical (unpaired) electrons. The van der Waals surface area contributed by atoms with E-state index in [2.05, 4.69) is 4.98 Å². The number of ether oxygens (including phenoxy) is 1. The average Bonchev–Trinajstić information content (AvgIpc) is 3.08. The summed E-state index contributed by atoms with van der Waals surface area (Å²) in [5.74, 6) is 0.166. The Hall–Kier alpha value is -2.78. The van der Waals surface area contributed by atoms with E-state index in [-0.39, 0.29) is 5.82 Å². The van der Waals surface area contributed by atoms with Gasteiger partial charge in [-0.15, -0.1) is 0 Å². The molecule has 4 heteroatoms. The number of fused-ring (bicyclic) bond motifs is 1. The number of halogens is 2. The summed E-state index contributed by atoms with van der Waals surface area (Å²) >= 11 is 6.47. The van der Waals surface area contributed by atoms with E-state index in [1.807, 2.05) is 60.8 Å². The first-order valence-electron chi connectivity index (χ1n) is 8.41. The molecule has 0 amide bonds. The van der Waals surface area contributed by atoms with Crippen molar-refractivity contribution in [2.24, 2.45) is 0 Å². The SMILES string of the molecule is Fc1ccc(OCc2ccccc2)c(Cl)c1Cc1c[nH]c2ccccc12. The molecule has 0 aliphatic carbocycles. The van der Waals surface area contributed by atoms with Crippen LogP contribution in [0, 0.1) is 5.82 Å². The predicted molar refractivity (Wildman–Crippen MR) is 103 cm³/mol. The normalized spacial score (nSPS) is 11.0. The highest BCUT2D eigenvalue weighted by Gasteiger charge is 2.15. The molecule has 26 heavy (non-hydrogen) atoms. The molecule has 0 spiro atoms. The number of H-pyrrole nitrogens is 1. The first kappa shape index (κ1) is 16.7. The fraction of sp³-hybridized carbons (Fsp3) is 0.0909. The zero-order valence-electron chi connectivity index (χ0n) is 14.0. The summed E-state index contributed by atoms with van der Waals surface area (Å²) in [5, 5.41) is 1.39. The zero-order valence-corrected chi connectivity index (χ0v) is 14.8. The maximum Gasteiger partial charge on any atom is 0.138 e. The second-order valence-electron chi connectivity index (χ2n) is 6.15. The van der Waals surface area contributed by atoms with E-state index in [4.69, 9.17) is 16.3 Å². The van der Waals surface area contributed by atoms with Gasteiger partial charge >= 0.3 is 0 Å². The third-order valence-electron chi connectivity index (χ3n) is 4.43. The predicted octanol–water partition coefficient (Wildman–Crippen LogP) is 6.13. The molecular formula is C22H17ClFNO. The van der Waals surface area contributed by atoms with Crippen molar-refractivity contribution in [3.63, 3.8) is 0 Å². The lowest BCUT2D eigenvalue weighted by molar-refractivity contribution is 0.305. The first-order valence-corrected chi connectivity index (χ1v) is 8.79. The van der Waals surface area contributed by atoms with Gasteiger partial charge in [-0.25, -0.2) is 4.39 Å². The smallest absolute Gasteiger partial charge is 0.138 e. The van der Waals surface area contributed by atoms with Crippen molar-refractivity contribution in [2.75, 3.05) is 0 Å². The van der Waals surface area contributed by atoms with Crippen molar-refractivity contribution in [3.8, 4) is 5.75 Å². The minimum atomic E-state index is -0.327. The second kappa shape index (κ2) is 7.22. The Bertz CT molecular complexity index is 1040. The minimum Gasteiger partial charge on any atom is -0.487 e. The Labute approximate surface area is 156 Å². The fourth-order valence-electron chi connectivity index (χ4n) is 3.05. The molecule has 0 bridgehead atoms. The van der Waals surface area contributed by atoms with Crippen LogP contribution < -0.4 is 4.74 Å². The first-order chi connectivity index (χ1) is 12.7. The third-order valence-corrected chi connectivity index (χ3v) is 4.84. The molecule has 0 fully saturated rings. The number of benzene rings is 3. The van der Waals surface area contributed by atoms with E-state index in [0.29, 0.717) is 29.4 Å². The number of para-hydroxylation sites is 1. The fourth-order valence-corrected chi connectivity index (χ4v) is 3.33. The van der Waals surface area contributed by atoms with Crippen LogP contribution in [0.2, 0.25) is 5.02 Å². The van der Waals surface area contributed by atoms with Crippen LogP contribution >= 0.6 is 11.6 Å². The Morgan fingerprint density at radius 3 is 2.54 bits per heavy atom. The second-order valence-corrected chi connectivity index (χ2v) is 6.53. The summed E-state index contributed by atoms with van der Waals surface area (Å²) in [6.07, 6.45) is 2.30. The van der Waals surface area contributed by atoms with E-state index < -0.39 is 0 Å². The van der Waals surface area contributed by atoms with Crippen LogP contribution in [0.3, 0.4) is 0 Å². The Morgan fingerprint density at radius 1 is 0.923 bits per heavy atom. The lowest BCUT2D eigenvalue weighted by Crippen LogP contribution is -2.00. The Balaban J connectivity index is 1.62. The van der Waals surface area contributed by atoms with Gasteiger partial charge in [-0.3, -0.25) is 0 Å². The van der Waals surface area contributed by atoms with E-state index in [1.165, 1.54) is 6.07 Å². The standard InChI is InChI=1S/C22H17ClFNO/c23-22-18(12-16-13-25-20-9-5-4-8-17(16)20)19(24)10-11-21(22)26-14-15-6-2-1-3-7-15/h1-11,13,25H,12,14H2. The number of aromatic nitrogens is 1. The summed E-state index contributed by atoms with van der Waals surface area (Å²) in [7, 11) is 0. The zero-order chi connectivity index (χ0) is 17.9. The third kappa shape index (κ3) is 3.31. The summed E-state index contributed by atoms with van der Waals surface area (Å²) in [4.78, 5) is 3.21. The van der Waals surface area contributed by atoms with E-state index in [0.717, 1.165) is 22.0 Å². The van der Waals surface area contributed by atoms with Crippen LogP contribution in [0.1, 0.15) is 16.7 Å². The van der Waals surface area contributed by atoms with Crippen molar-refractivity contribution in [3.05, 3.63) is 100 Å². The molecule has 2 nitrogen and oxygen atoms in total. The van der Waals surface area contributed by atoms with Crippen LogP contribution in [0.15, 0.2) is 72.9 Å². The van der Waals surface area contributed by atoms with Gasteiger partial charge in [-0.2, -0.15) is 0 Å². The maximum absolute atomic E-state index is 14.4. The molecule has 0 aliphatic rings. The van der Waals surface area contributed by atoms with E-state index in [9.17, 15) is 4.39 Å². The van der Waals surface area contributed by atoms with Crippen molar-refractivity contribution in [1.29, 1.82) is 0 Å². The largest absolute Gasteiger partial charge is 0.487 e. The molecule has 1 N–H and O–H groups in total. The molecule has 1 heterocycles. The molecule has 4 aromatic rings. The summed E-state index contributed by atoms with van der Waals surface area (Å²) in [6, 6.07) is 20.8. The highest BCUT2D eigenvalue weighted by molar-refractivity contribution is 6.32. The molecule has 130 valence electrons. The molecule has 0 atom stereocenters. The summed E-state index contributed by atoms with van der Waals surface area (Å²) in [6.45, 7) is 0.388. The Kier molecular flexibility index (Phi) is 4.63. The van der Waals surface area contributed by atoms with Gasteiger partial charge in [-0.1, -0.05) is 60.1 Å². The van der Waals surface area contributed by atoms with Crippen molar-refractivity contribution < 1.29 is 9.13 Å². The molecule has 0 unspecified atom stereocenters. The van der Waals surface area contributed by atoms with Crippen LogP contribution in [-0.2, 0) is 13.0 Å². The van der Waals surface area contributed by atoms with Crippen molar-refractivity contribution in [2.45, 2.75) is 13.0 Å². The summed E-state index contributed by atoms with van der Waals surface area (Å²) in [5.41, 5.74) is 3.50. The van der Waals surface area contributed by atoms with Crippen LogP contribution in [-0.4, -0.2) is 4.98 Å². The van der Waals surface area contributed by atoms with Gasteiger partial charge in [0.25, 0.3) is 0 Å². The topological polar surface area (TPSA) is 25.0 Å². The van der Waals surface area contributed by atoms with Gasteiger partial charge in [0.05, 0.1) is 5.02 Å². The molecule has 3 aromatic carbocycles. The van der Waals surface area contributed by atoms with Gasteiger partial charge < -0.3 is 9.72 Å². The van der Waals surface area contributed by atoms with Crippen LogP contribution in [0.25, 0.3) is 10.9 Å². The number of aromatic amines is 1. The number of rotatable bonds is 5. The Morgan fingerprint density at radius 2 is 1.69 bits per heavy atom. The van der Waals surface area contributed by atoms with Gasteiger partial charge in [0, 0.05) is 29.1 Å². The number of nitrogens with one attached hydrogen (secondary N) is 1. The van der Waals surface area contributed by atoms with Crippen LogP contribution in [0.5, 0.6) is 5.75 Å². The van der Waals surface area contributed by atoms with Gasteiger partial charge in [-0.05, 0) is 29.3 Å². The lowest BCUT2D eigenvalue weighted by atomic mass is 10.0. The molecule has 1 aromatic heterocycles. The molecular weight excluding hydrogens is 349 g/mol. The molecule has 0 aliphatic heterocycles. The van der Waals surface area contributed by atoms with Crippen molar-refractivity contribution in [1.82, 2.24) is 4.98 Å². The van der Waals surface area contributed by atoms with Gasteiger partial charge in [0.15, 0.2) is 0 Å². The number of hydrogen-bond acceptors (Lipinski definition) is 1. The molecule has 0 saturated heterocycles. The highest BCUT2D eigenvalue weighted by Crippen LogP contribution is 2.33. The molecule has 4 rings (SSSR count). The van der Waals surface area contributed by atoms with E-state index in [1.54, 1.807) is 6.07 Å². The maximum atomic E-state index is 14.4. The highest BCUT2D eigenvalue weighted by atomic mass is 35.5. The summed E-state index contributed by atoms with van der Waals surface area (Å²) < 4.78 is 20.3. The van der Waals surface area contributed by atoms with Gasteiger partial charge in [0.1, 0.15) is 18.2 Å². The number of hydrogen-bond donors (Lipinski definition) is 1. The van der Waals surface area contributed by atoms with Gasteiger partial charge in [0.2, 0.25) is 0 Å². The lowest BCUT2D eigenvalue weighted by Gasteiger charge is -2.12. The quantitative estimate of drug-likeness (QED) is 0.452. The van der Waals surface area contributed by atoms with Crippen LogP contribution in [0.4, 0.5) is 4.39 Å². The van der Waals surface area contributed by atoms with E-state index >= 15 is 0 Å². The monoisotopic (exact) mass is 365 g/mol.